The average Bonchev–Trinajstić information content (AvgIpc) is 3.34. The fourth-order valence-corrected chi connectivity index (χ4v) is 3.69. The van der Waals surface area contributed by atoms with E-state index in [2.05, 4.69) is 20.6 Å². The number of nitrogens with zero attached hydrogens (tertiary/aromatic N) is 3. The lowest BCUT2D eigenvalue weighted by Crippen LogP contribution is -2.37. The summed E-state index contributed by atoms with van der Waals surface area (Å²) in [5.74, 6) is -0.708. The van der Waals surface area contributed by atoms with Crippen LogP contribution in [0.25, 0.3) is 0 Å². The molecule has 4 aromatic rings. The molecule has 0 aliphatic heterocycles. The zero-order valence-corrected chi connectivity index (χ0v) is 16.6. The quantitative estimate of drug-likeness (QED) is 0.372. The molecular formula is C24H22N4O2. The van der Waals surface area contributed by atoms with E-state index >= 15 is 0 Å². The zero-order chi connectivity index (χ0) is 20.8. The zero-order valence-electron chi connectivity index (χ0n) is 16.6. The predicted molar refractivity (Wildman–Crippen MR) is 113 cm³/mol. The van der Waals surface area contributed by atoms with Crippen LogP contribution in [0.2, 0.25) is 0 Å². The minimum Gasteiger partial charge on any atom is -0.444 e. The van der Waals surface area contributed by atoms with Crippen LogP contribution in [0, 0.1) is 0 Å². The lowest BCUT2D eigenvalue weighted by atomic mass is 9.80. The number of hydrogen-bond acceptors (Lipinski definition) is 5. The number of carbonyl (C=O) groups excluding carboxylic acids is 1. The molecule has 0 bridgehead atoms. The van der Waals surface area contributed by atoms with E-state index in [0.717, 1.165) is 16.7 Å². The van der Waals surface area contributed by atoms with Gasteiger partial charge in [0, 0.05) is 16.7 Å². The van der Waals surface area contributed by atoms with E-state index in [9.17, 15) is 4.79 Å². The van der Waals surface area contributed by atoms with Gasteiger partial charge in [-0.25, -0.2) is 0 Å². The van der Waals surface area contributed by atoms with Gasteiger partial charge in [0.15, 0.2) is 11.4 Å². The number of H-pyrrole nitrogens is 1. The molecule has 1 heterocycles. The van der Waals surface area contributed by atoms with E-state index in [-0.39, 0.29) is 0 Å². The number of hydrogen-bond donors (Lipinski definition) is 1. The molecule has 1 atom stereocenters. The standard InChI is InChI=1S/C24H22N4O2/c1-2-21(22-25-27-28-26-22)23(29)30-24(18-12-6-3-7-13-18,19-14-8-4-9-15-19)20-16-10-5-11-17-20/h3-17,21H,2H2,1H3,(H,25,26,27,28). The summed E-state index contributed by atoms with van der Waals surface area (Å²) < 4.78 is 6.41. The van der Waals surface area contributed by atoms with Gasteiger partial charge in [0.05, 0.1) is 0 Å². The molecule has 0 spiro atoms. The first-order chi connectivity index (χ1) is 14.8. The summed E-state index contributed by atoms with van der Waals surface area (Å²) in [6.07, 6.45) is 0.493. The van der Waals surface area contributed by atoms with Gasteiger partial charge in [-0.05, 0) is 6.42 Å². The molecule has 6 nitrogen and oxygen atoms in total. The van der Waals surface area contributed by atoms with Gasteiger partial charge in [0.2, 0.25) is 0 Å². The highest BCUT2D eigenvalue weighted by Gasteiger charge is 2.42. The molecule has 6 heteroatoms. The number of nitrogens with one attached hydrogen (secondary N) is 1. The molecule has 30 heavy (non-hydrogen) atoms. The van der Waals surface area contributed by atoms with Crippen LogP contribution in [0.1, 0.15) is 41.8 Å². The third-order valence-electron chi connectivity index (χ3n) is 5.16. The highest BCUT2D eigenvalue weighted by molar-refractivity contribution is 5.78. The van der Waals surface area contributed by atoms with Gasteiger partial charge in [-0.1, -0.05) is 103 Å². The molecule has 4 rings (SSSR count). The van der Waals surface area contributed by atoms with Crippen LogP contribution < -0.4 is 0 Å². The summed E-state index contributed by atoms with van der Waals surface area (Å²) in [6, 6.07) is 29.4. The Bertz CT molecular complexity index is 972. The van der Waals surface area contributed by atoms with Gasteiger partial charge in [-0.3, -0.25) is 4.79 Å². The molecule has 0 saturated heterocycles. The second-order valence-electron chi connectivity index (χ2n) is 6.93. The van der Waals surface area contributed by atoms with Crippen LogP contribution in [0.15, 0.2) is 91.0 Å². The van der Waals surface area contributed by atoms with Crippen molar-refractivity contribution >= 4 is 5.97 Å². The Morgan fingerprint density at radius 2 is 1.33 bits per heavy atom. The van der Waals surface area contributed by atoms with Crippen LogP contribution in [0.5, 0.6) is 0 Å². The SMILES string of the molecule is CCC(C(=O)OC(c1ccccc1)(c1ccccc1)c1ccccc1)c1nn[nH]n1. The third-order valence-corrected chi connectivity index (χ3v) is 5.16. The molecule has 1 unspecified atom stereocenters. The van der Waals surface area contributed by atoms with Gasteiger partial charge in [0.25, 0.3) is 0 Å². The van der Waals surface area contributed by atoms with E-state index in [0.29, 0.717) is 12.2 Å². The van der Waals surface area contributed by atoms with Crippen molar-refractivity contribution in [1.29, 1.82) is 0 Å². The molecule has 0 fully saturated rings. The van der Waals surface area contributed by atoms with Crippen molar-refractivity contribution < 1.29 is 9.53 Å². The Labute approximate surface area is 174 Å². The molecule has 0 radical (unpaired) electrons. The van der Waals surface area contributed by atoms with Crippen molar-refractivity contribution in [2.45, 2.75) is 24.9 Å². The van der Waals surface area contributed by atoms with E-state index < -0.39 is 17.5 Å². The maximum atomic E-state index is 13.5. The number of tetrazole rings is 1. The largest absolute Gasteiger partial charge is 0.444 e. The Hall–Kier alpha value is -3.80. The van der Waals surface area contributed by atoms with Crippen LogP contribution in [-0.2, 0) is 15.1 Å². The number of benzene rings is 3. The van der Waals surface area contributed by atoms with Crippen molar-refractivity contribution in [2.75, 3.05) is 0 Å². The number of rotatable bonds is 7. The minimum atomic E-state index is -1.11. The molecular weight excluding hydrogens is 376 g/mol. The van der Waals surface area contributed by atoms with Gasteiger partial charge >= 0.3 is 5.97 Å². The molecule has 3 aromatic carbocycles. The fraction of sp³-hybridized carbons (Fsp3) is 0.167. The normalized spacial score (nSPS) is 12.3. The van der Waals surface area contributed by atoms with Crippen molar-refractivity contribution in [3.63, 3.8) is 0 Å². The Balaban J connectivity index is 1.90. The van der Waals surface area contributed by atoms with Crippen molar-refractivity contribution in [3.05, 3.63) is 114 Å². The molecule has 0 aliphatic carbocycles. The van der Waals surface area contributed by atoms with E-state index in [4.69, 9.17) is 4.74 Å². The topological polar surface area (TPSA) is 80.8 Å². The maximum Gasteiger partial charge on any atom is 0.318 e. The first-order valence-electron chi connectivity index (χ1n) is 9.88. The van der Waals surface area contributed by atoms with Crippen LogP contribution >= 0.6 is 0 Å². The average molecular weight is 398 g/mol. The first kappa shape index (κ1) is 19.5. The summed E-state index contributed by atoms with van der Waals surface area (Å²) >= 11 is 0. The molecule has 150 valence electrons. The van der Waals surface area contributed by atoms with Crippen molar-refractivity contribution in [1.82, 2.24) is 20.6 Å². The second-order valence-corrected chi connectivity index (χ2v) is 6.93. The van der Waals surface area contributed by atoms with Crippen molar-refractivity contribution in [2.24, 2.45) is 0 Å². The highest BCUT2D eigenvalue weighted by atomic mass is 16.6. The van der Waals surface area contributed by atoms with Crippen molar-refractivity contribution in [3.8, 4) is 0 Å². The lowest BCUT2D eigenvalue weighted by molar-refractivity contribution is -0.155. The number of aromatic nitrogens is 4. The summed E-state index contributed by atoms with van der Waals surface area (Å²) in [4.78, 5) is 13.5. The minimum absolute atomic E-state index is 0.325. The monoisotopic (exact) mass is 398 g/mol. The van der Waals surface area contributed by atoms with Gasteiger partial charge in [-0.2, -0.15) is 5.21 Å². The van der Waals surface area contributed by atoms with Crippen LogP contribution in [-0.4, -0.2) is 26.6 Å². The van der Waals surface area contributed by atoms with Crippen LogP contribution in [0.3, 0.4) is 0 Å². The van der Waals surface area contributed by atoms with E-state index in [1.54, 1.807) is 0 Å². The smallest absolute Gasteiger partial charge is 0.318 e. The molecule has 0 aliphatic rings. The Morgan fingerprint density at radius 1 is 0.867 bits per heavy atom. The summed E-state index contributed by atoms with van der Waals surface area (Å²) in [5.41, 5.74) is 1.47. The van der Waals surface area contributed by atoms with Crippen LogP contribution in [0.4, 0.5) is 0 Å². The summed E-state index contributed by atoms with van der Waals surface area (Å²) in [6.45, 7) is 1.90. The second kappa shape index (κ2) is 8.69. The molecule has 1 aromatic heterocycles. The molecule has 0 saturated carbocycles. The van der Waals surface area contributed by atoms with Gasteiger partial charge in [0.1, 0.15) is 5.92 Å². The predicted octanol–water partition coefficient (Wildman–Crippen LogP) is 4.23. The third kappa shape index (κ3) is 3.59. The van der Waals surface area contributed by atoms with Gasteiger partial charge < -0.3 is 4.74 Å². The van der Waals surface area contributed by atoms with E-state index in [1.807, 2.05) is 97.9 Å². The molecule has 0 amide bonds. The Morgan fingerprint density at radius 3 is 1.70 bits per heavy atom. The Kier molecular flexibility index (Phi) is 5.66. The lowest BCUT2D eigenvalue weighted by Gasteiger charge is -2.36. The number of aromatic amines is 1. The summed E-state index contributed by atoms with van der Waals surface area (Å²) in [5, 5.41) is 14.0. The number of ether oxygens (including phenoxy) is 1. The number of esters is 1. The maximum absolute atomic E-state index is 13.5. The van der Waals surface area contributed by atoms with E-state index in [1.165, 1.54) is 0 Å². The molecule has 1 N–H and O–H groups in total. The summed E-state index contributed by atoms with van der Waals surface area (Å²) in [7, 11) is 0. The number of carbonyl (C=O) groups is 1. The van der Waals surface area contributed by atoms with Gasteiger partial charge in [-0.15, -0.1) is 10.2 Å². The first-order valence-corrected chi connectivity index (χ1v) is 9.88. The highest BCUT2D eigenvalue weighted by Crippen LogP contribution is 2.41. The fourth-order valence-electron chi connectivity index (χ4n) is 3.69.